The van der Waals surface area contributed by atoms with Gasteiger partial charge in [-0.3, -0.25) is 20.2 Å². The minimum atomic E-state index is -0.552. The molecule has 2 heterocycles. The zero-order valence-electron chi connectivity index (χ0n) is 19.7. The van der Waals surface area contributed by atoms with Crippen LogP contribution in [0.4, 0.5) is 40.5 Å². The van der Waals surface area contributed by atoms with E-state index in [9.17, 15) is 20.2 Å². The largest absolute Gasteiger partial charge is 0.423 e. The number of aromatic nitrogens is 2. The Hall–Kier alpha value is -5.98. The summed E-state index contributed by atoms with van der Waals surface area (Å²) in [7, 11) is 0. The van der Waals surface area contributed by atoms with Gasteiger partial charge in [-0.15, -0.1) is 0 Å². The second kappa shape index (κ2) is 9.48. The molecule has 0 aliphatic carbocycles. The monoisotopic (exact) mass is 521 g/mol. The molecule has 0 amide bonds. The second-order valence-electron chi connectivity index (χ2n) is 8.17. The zero-order valence-corrected chi connectivity index (χ0v) is 19.7. The molecule has 13 nitrogen and oxygen atoms in total. The van der Waals surface area contributed by atoms with Gasteiger partial charge in [0.15, 0.2) is 16.7 Å². The third-order valence-corrected chi connectivity index (χ3v) is 5.68. The van der Waals surface area contributed by atoms with Gasteiger partial charge in [0.05, 0.1) is 26.9 Å². The van der Waals surface area contributed by atoms with Crippen molar-refractivity contribution >= 4 is 62.7 Å². The Morgan fingerprint density at radius 3 is 2.10 bits per heavy atom. The van der Waals surface area contributed by atoms with Gasteiger partial charge in [0.25, 0.3) is 11.4 Å². The maximum Gasteiger partial charge on any atom is 0.311 e. The molecule has 0 fully saturated rings. The van der Waals surface area contributed by atoms with Crippen LogP contribution in [0.25, 0.3) is 22.2 Å². The van der Waals surface area contributed by atoms with Gasteiger partial charge in [-0.1, -0.05) is 24.3 Å². The van der Waals surface area contributed by atoms with Gasteiger partial charge >= 0.3 is 12.0 Å². The number of azo groups is 1. The van der Waals surface area contributed by atoms with Crippen LogP contribution >= 0.6 is 0 Å². The summed E-state index contributed by atoms with van der Waals surface area (Å²) >= 11 is 0. The van der Waals surface area contributed by atoms with E-state index in [1.54, 1.807) is 30.3 Å². The lowest BCUT2D eigenvalue weighted by Gasteiger charge is -2.16. The lowest BCUT2D eigenvalue weighted by Crippen LogP contribution is -2.10. The standard InChI is InChI=1S/C26H15N7O6/c34-32(35)19-13-14-22-20(15-19)27-25(38-22)31(26-28-24-21(33(36)37)7-4-8-23(24)39-26)18-11-9-17(10-12-18)30-29-16-5-2-1-3-6-16/h1-15H. The van der Waals surface area contributed by atoms with Crippen molar-refractivity contribution in [2.75, 3.05) is 4.90 Å². The molecule has 0 unspecified atom stereocenters. The average molecular weight is 521 g/mol. The number of nitro groups is 2. The number of rotatable bonds is 7. The molecule has 0 saturated carbocycles. The van der Waals surface area contributed by atoms with Crippen molar-refractivity contribution in [3.05, 3.63) is 111 Å². The fraction of sp³-hybridized carbons (Fsp3) is 0. The summed E-state index contributed by atoms with van der Waals surface area (Å²) in [4.78, 5) is 31.9. The van der Waals surface area contributed by atoms with E-state index < -0.39 is 9.85 Å². The van der Waals surface area contributed by atoms with Crippen LogP contribution in [0.15, 0.2) is 110 Å². The van der Waals surface area contributed by atoms with Crippen LogP contribution in [0.5, 0.6) is 0 Å². The van der Waals surface area contributed by atoms with Gasteiger partial charge < -0.3 is 8.83 Å². The zero-order chi connectivity index (χ0) is 26.9. The first-order valence-corrected chi connectivity index (χ1v) is 11.4. The number of nitrogens with zero attached hydrogens (tertiary/aromatic N) is 7. The van der Waals surface area contributed by atoms with Gasteiger partial charge in [0.2, 0.25) is 0 Å². The van der Waals surface area contributed by atoms with Crippen molar-refractivity contribution < 1.29 is 18.7 Å². The molecule has 0 aliphatic heterocycles. The molecule has 6 rings (SSSR count). The molecule has 0 atom stereocenters. The minimum absolute atomic E-state index is 0.0154. The summed E-state index contributed by atoms with van der Waals surface area (Å²) in [6, 6.07) is 24.4. The predicted molar refractivity (Wildman–Crippen MR) is 140 cm³/mol. The average Bonchev–Trinajstić information content (AvgIpc) is 3.56. The Labute approximate surface area is 218 Å². The van der Waals surface area contributed by atoms with Crippen molar-refractivity contribution in [1.29, 1.82) is 0 Å². The Morgan fingerprint density at radius 2 is 1.38 bits per heavy atom. The van der Waals surface area contributed by atoms with E-state index in [0.717, 1.165) is 0 Å². The molecule has 0 aliphatic rings. The summed E-state index contributed by atoms with van der Waals surface area (Å²) in [5.41, 5.74) is 2.10. The normalized spacial score (nSPS) is 11.4. The number of fused-ring (bicyclic) bond motifs is 2. The summed E-state index contributed by atoms with van der Waals surface area (Å²) in [5.74, 6) is 0. The van der Waals surface area contributed by atoms with E-state index in [0.29, 0.717) is 17.1 Å². The highest BCUT2D eigenvalue weighted by atomic mass is 16.6. The van der Waals surface area contributed by atoms with E-state index in [1.165, 1.54) is 35.2 Å². The van der Waals surface area contributed by atoms with Crippen molar-refractivity contribution in [1.82, 2.24) is 9.97 Å². The lowest BCUT2D eigenvalue weighted by molar-refractivity contribution is -0.384. The topological polar surface area (TPSA) is 166 Å². The van der Waals surface area contributed by atoms with Gasteiger partial charge in [-0.25, -0.2) is 4.90 Å². The first-order chi connectivity index (χ1) is 19.0. The van der Waals surface area contributed by atoms with Crippen LogP contribution in [-0.2, 0) is 0 Å². The van der Waals surface area contributed by atoms with Gasteiger partial charge in [-0.2, -0.15) is 20.2 Å². The molecule has 0 bridgehead atoms. The van der Waals surface area contributed by atoms with Crippen LogP contribution < -0.4 is 4.90 Å². The first-order valence-electron chi connectivity index (χ1n) is 11.4. The van der Waals surface area contributed by atoms with E-state index >= 15 is 0 Å². The molecule has 0 spiro atoms. The van der Waals surface area contributed by atoms with E-state index in [2.05, 4.69) is 20.2 Å². The summed E-state index contributed by atoms with van der Waals surface area (Å²) in [5, 5.41) is 31.2. The fourth-order valence-electron chi connectivity index (χ4n) is 3.86. The van der Waals surface area contributed by atoms with Crippen LogP contribution in [0.1, 0.15) is 0 Å². The SMILES string of the molecule is O=[N+]([O-])c1ccc2oc(N(c3ccc(N=Nc4ccccc4)cc3)c3nc4c([N+](=O)[O-])cccc4o3)nc2c1. The second-order valence-corrected chi connectivity index (χ2v) is 8.17. The van der Waals surface area contributed by atoms with E-state index in [1.807, 2.05) is 30.3 Å². The Morgan fingerprint density at radius 1 is 0.692 bits per heavy atom. The number of benzene rings is 4. The molecule has 0 radical (unpaired) electrons. The maximum absolute atomic E-state index is 11.5. The Balaban J connectivity index is 1.45. The van der Waals surface area contributed by atoms with Crippen molar-refractivity contribution in [3.8, 4) is 0 Å². The maximum atomic E-state index is 11.5. The van der Waals surface area contributed by atoms with Crippen LogP contribution in [0.3, 0.4) is 0 Å². The van der Waals surface area contributed by atoms with E-state index in [-0.39, 0.29) is 45.6 Å². The molecule has 0 saturated heterocycles. The number of non-ortho nitro benzene ring substituents is 2. The summed E-state index contributed by atoms with van der Waals surface area (Å²) in [6.07, 6.45) is 0. The molecule has 0 N–H and O–H groups in total. The van der Waals surface area contributed by atoms with Gasteiger partial charge in [0.1, 0.15) is 5.52 Å². The summed E-state index contributed by atoms with van der Waals surface area (Å²) < 4.78 is 11.8. The van der Waals surface area contributed by atoms with Crippen molar-refractivity contribution in [2.45, 2.75) is 0 Å². The third kappa shape index (κ3) is 4.51. The number of hydrogen-bond acceptors (Lipinski definition) is 11. The Kier molecular flexibility index (Phi) is 5.69. The highest BCUT2D eigenvalue weighted by Crippen LogP contribution is 2.39. The fourth-order valence-corrected chi connectivity index (χ4v) is 3.86. The number of nitro benzene ring substituents is 2. The highest BCUT2D eigenvalue weighted by Gasteiger charge is 2.27. The van der Waals surface area contributed by atoms with Gasteiger partial charge in [-0.05, 0) is 48.5 Å². The molecular weight excluding hydrogens is 506 g/mol. The molecule has 190 valence electrons. The molecule has 6 aromatic rings. The van der Waals surface area contributed by atoms with Crippen LogP contribution in [0, 0.1) is 20.2 Å². The number of anilines is 3. The lowest BCUT2D eigenvalue weighted by atomic mass is 10.2. The Bertz CT molecular complexity index is 1880. The van der Waals surface area contributed by atoms with Crippen LogP contribution in [0.2, 0.25) is 0 Å². The minimum Gasteiger partial charge on any atom is -0.423 e. The number of hydrogen-bond donors (Lipinski definition) is 0. The molecule has 2 aromatic heterocycles. The molecule has 13 heteroatoms. The molecular formula is C26H15N7O6. The quantitative estimate of drug-likeness (QED) is 0.116. The third-order valence-electron chi connectivity index (χ3n) is 5.68. The smallest absolute Gasteiger partial charge is 0.311 e. The summed E-state index contributed by atoms with van der Waals surface area (Å²) in [6.45, 7) is 0. The van der Waals surface area contributed by atoms with Crippen molar-refractivity contribution in [2.24, 2.45) is 10.2 Å². The van der Waals surface area contributed by atoms with Gasteiger partial charge in [0, 0.05) is 18.2 Å². The molecule has 4 aromatic carbocycles. The first kappa shape index (κ1) is 23.4. The van der Waals surface area contributed by atoms with E-state index in [4.69, 9.17) is 8.83 Å². The number of oxazole rings is 2. The van der Waals surface area contributed by atoms with Crippen molar-refractivity contribution in [3.63, 3.8) is 0 Å². The molecule has 39 heavy (non-hydrogen) atoms. The predicted octanol–water partition coefficient (Wildman–Crippen LogP) is 7.67. The number of para-hydroxylation sites is 1. The highest BCUT2D eigenvalue weighted by molar-refractivity contribution is 5.86. The van der Waals surface area contributed by atoms with Crippen LogP contribution in [-0.4, -0.2) is 19.8 Å².